The number of halogens is 3. The van der Waals surface area contributed by atoms with Crippen molar-refractivity contribution in [3.05, 3.63) is 70.4 Å². The van der Waals surface area contributed by atoms with Gasteiger partial charge >= 0.3 is 5.97 Å². The molecule has 9 heteroatoms. The number of Topliss-reactive ketones (excluding diaryl/α,β-unsaturated/α-hetero) is 1. The maximum Gasteiger partial charge on any atom is 0.308 e. The first kappa shape index (κ1) is 26.5. The summed E-state index contributed by atoms with van der Waals surface area (Å²) in [6, 6.07) is 8.29. The largest absolute Gasteiger partial charge is 0.497 e. The van der Waals surface area contributed by atoms with E-state index < -0.39 is 23.5 Å². The molecule has 3 aromatic rings. The number of carboxylic acid groups (broad SMARTS) is 1. The van der Waals surface area contributed by atoms with E-state index in [0.717, 1.165) is 18.2 Å². The standard InChI is InChI=1S/C28H25ClF2N2O4/c1-37-20-6-8-25-21(14-20)27(23(29)15-32-25)26(34)9-4-17-10-12-33(16-22(17)28(35)36)11-2-3-18-13-19(30)5-7-24(18)31/h5-8,13-15,17,22H,4,9-12,16H2,1H3,(H,35,36). The smallest absolute Gasteiger partial charge is 0.308 e. The molecule has 1 aliphatic heterocycles. The molecule has 1 N–H and O–H groups in total. The Morgan fingerprint density at radius 2 is 2.05 bits per heavy atom. The van der Waals surface area contributed by atoms with Crippen LogP contribution >= 0.6 is 11.6 Å². The maximum atomic E-state index is 13.8. The fourth-order valence-corrected chi connectivity index (χ4v) is 4.93. The molecule has 2 atom stereocenters. The number of carbonyl (C=O) groups excluding carboxylic acids is 1. The highest BCUT2D eigenvalue weighted by molar-refractivity contribution is 6.35. The monoisotopic (exact) mass is 526 g/mol. The number of methoxy groups -OCH3 is 1. The number of benzene rings is 2. The second kappa shape index (κ2) is 11.7. The highest BCUT2D eigenvalue weighted by atomic mass is 35.5. The predicted octanol–water partition coefficient (Wildman–Crippen LogP) is 5.21. The Morgan fingerprint density at radius 3 is 2.81 bits per heavy atom. The molecule has 1 saturated heterocycles. The lowest BCUT2D eigenvalue weighted by Crippen LogP contribution is -2.44. The minimum atomic E-state index is -0.941. The summed E-state index contributed by atoms with van der Waals surface area (Å²) in [6.07, 6.45) is 2.55. The number of ketones is 1. The maximum absolute atomic E-state index is 13.8. The lowest BCUT2D eigenvalue weighted by atomic mass is 9.81. The number of carboxylic acids is 1. The molecule has 0 radical (unpaired) electrons. The van der Waals surface area contributed by atoms with Gasteiger partial charge in [0.05, 0.1) is 35.7 Å². The molecule has 2 aromatic carbocycles. The summed E-state index contributed by atoms with van der Waals surface area (Å²) in [7, 11) is 1.53. The Hall–Kier alpha value is -3.54. The second-order valence-corrected chi connectivity index (χ2v) is 9.39. The summed E-state index contributed by atoms with van der Waals surface area (Å²) in [5, 5.41) is 10.7. The average molecular weight is 527 g/mol. The van der Waals surface area contributed by atoms with Crippen LogP contribution in [-0.2, 0) is 4.79 Å². The number of rotatable bonds is 7. The van der Waals surface area contributed by atoms with E-state index in [1.807, 2.05) is 4.90 Å². The minimum absolute atomic E-state index is 0.0388. The van der Waals surface area contributed by atoms with Gasteiger partial charge in [0, 0.05) is 30.1 Å². The van der Waals surface area contributed by atoms with Gasteiger partial charge in [-0.3, -0.25) is 19.5 Å². The van der Waals surface area contributed by atoms with Crippen molar-refractivity contribution in [3.8, 4) is 17.6 Å². The van der Waals surface area contributed by atoms with E-state index in [1.54, 1.807) is 18.2 Å². The van der Waals surface area contributed by atoms with Crippen molar-refractivity contribution >= 4 is 34.3 Å². The number of fused-ring (bicyclic) bond motifs is 1. The van der Waals surface area contributed by atoms with Gasteiger partial charge in [-0.25, -0.2) is 8.78 Å². The molecule has 0 amide bonds. The van der Waals surface area contributed by atoms with E-state index in [0.29, 0.717) is 41.6 Å². The van der Waals surface area contributed by atoms with Crippen LogP contribution in [0.5, 0.6) is 5.75 Å². The lowest BCUT2D eigenvalue weighted by Gasteiger charge is -2.35. The predicted molar refractivity (Wildman–Crippen MR) is 136 cm³/mol. The number of hydrogen-bond acceptors (Lipinski definition) is 5. The molecular weight excluding hydrogens is 502 g/mol. The molecule has 37 heavy (non-hydrogen) atoms. The summed E-state index contributed by atoms with van der Waals surface area (Å²) in [6.45, 7) is 1.07. The highest BCUT2D eigenvalue weighted by Crippen LogP contribution is 2.32. The highest BCUT2D eigenvalue weighted by Gasteiger charge is 2.34. The number of pyridine rings is 1. The van der Waals surface area contributed by atoms with E-state index in [-0.39, 0.29) is 41.8 Å². The van der Waals surface area contributed by atoms with Crippen molar-refractivity contribution in [2.24, 2.45) is 11.8 Å². The van der Waals surface area contributed by atoms with Crippen molar-refractivity contribution < 1.29 is 28.2 Å². The Kier molecular flexibility index (Phi) is 8.37. The van der Waals surface area contributed by atoms with Crippen LogP contribution < -0.4 is 4.74 Å². The molecule has 1 aromatic heterocycles. The van der Waals surface area contributed by atoms with Crippen LogP contribution in [-0.4, -0.2) is 53.5 Å². The first-order valence-corrected chi connectivity index (χ1v) is 12.2. The summed E-state index contributed by atoms with van der Waals surface area (Å²) in [5.74, 6) is 2.81. The molecule has 4 rings (SSSR count). The van der Waals surface area contributed by atoms with Gasteiger partial charge in [0.25, 0.3) is 0 Å². The zero-order valence-corrected chi connectivity index (χ0v) is 20.9. The fraction of sp³-hybridized carbons (Fsp3) is 0.321. The molecule has 2 unspecified atom stereocenters. The van der Waals surface area contributed by atoms with Crippen LogP contribution in [0.4, 0.5) is 8.78 Å². The Labute approximate surface area is 218 Å². The van der Waals surface area contributed by atoms with Crippen LogP contribution in [0.3, 0.4) is 0 Å². The number of likely N-dealkylation sites (tertiary alicyclic amines) is 1. The SMILES string of the molecule is COc1ccc2ncc(Cl)c(C(=O)CCC3CCN(CC#Cc4cc(F)ccc4F)CC3C(=O)O)c2c1. The van der Waals surface area contributed by atoms with Gasteiger partial charge in [0.1, 0.15) is 17.4 Å². The minimum Gasteiger partial charge on any atom is -0.497 e. The zero-order chi connectivity index (χ0) is 26.5. The summed E-state index contributed by atoms with van der Waals surface area (Å²) in [4.78, 5) is 31.4. The molecule has 192 valence electrons. The molecular formula is C28H25ClF2N2O4. The molecule has 1 fully saturated rings. The summed E-state index contributed by atoms with van der Waals surface area (Å²) in [5.41, 5.74) is 0.933. The number of aliphatic carboxylic acids is 1. The number of aromatic nitrogens is 1. The van der Waals surface area contributed by atoms with E-state index in [2.05, 4.69) is 16.8 Å². The van der Waals surface area contributed by atoms with Gasteiger partial charge in [-0.05, 0) is 61.7 Å². The van der Waals surface area contributed by atoms with Gasteiger partial charge in [0.2, 0.25) is 0 Å². The number of carbonyl (C=O) groups is 2. The first-order valence-electron chi connectivity index (χ1n) is 11.8. The molecule has 6 nitrogen and oxygen atoms in total. The van der Waals surface area contributed by atoms with Crippen LogP contribution in [0.2, 0.25) is 5.02 Å². The van der Waals surface area contributed by atoms with E-state index in [9.17, 15) is 23.5 Å². The molecule has 1 aliphatic rings. The Bertz CT molecular complexity index is 1400. The third-order valence-electron chi connectivity index (χ3n) is 6.66. The Balaban J connectivity index is 1.42. The van der Waals surface area contributed by atoms with Crippen LogP contribution in [0.1, 0.15) is 35.2 Å². The quantitative estimate of drug-likeness (QED) is 0.336. The van der Waals surface area contributed by atoms with Crippen molar-refractivity contribution in [1.29, 1.82) is 0 Å². The third-order valence-corrected chi connectivity index (χ3v) is 6.95. The van der Waals surface area contributed by atoms with Crippen LogP contribution in [0.15, 0.2) is 42.6 Å². The zero-order valence-electron chi connectivity index (χ0n) is 20.1. The van der Waals surface area contributed by atoms with Crippen LogP contribution in [0, 0.1) is 35.3 Å². The lowest BCUT2D eigenvalue weighted by molar-refractivity contribution is -0.146. The van der Waals surface area contributed by atoms with Crippen molar-refractivity contribution in [2.45, 2.75) is 19.3 Å². The number of ether oxygens (including phenoxy) is 1. The van der Waals surface area contributed by atoms with Gasteiger partial charge in [-0.15, -0.1) is 0 Å². The average Bonchev–Trinajstić information content (AvgIpc) is 2.89. The Morgan fingerprint density at radius 1 is 1.24 bits per heavy atom. The summed E-state index contributed by atoms with van der Waals surface area (Å²) < 4.78 is 32.4. The number of piperidine rings is 1. The third kappa shape index (κ3) is 6.24. The molecule has 0 aliphatic carbocycles. The van der Waals surface area contributed by atoms with Gasteiger partial charge in [0.15, 0.2) is 5.78 Å². The van der Waals surface area contributed by atoms with E-state index in [4.69, 9.17) is 16.3 Å². The van der Waals surface area contributed by atoms with Gasteiger partial charge in [-0.2, -0.15) is 0 Å². The fourth-order valence-electron chi connectivity index (χ4n) is 4.68. The molecule has 0 bridgehead atoms. The second-order valence-electron chi connectivity index (χ2n) is 8.98. The molecule has 2 heterocycles. The normalized spacial score (nSPS) is 17.7. The van der Waals surface area contributed by atoms with Crippen molar-refractivity contribution in [3.63, 3.8) is 0 Å². The topological polar surface area (TPSA) is 79.7 Å². The molecule has 0 spiro atoms. The van der Waals surface area contributed by atoms with E-state index >= 15 is 0 Å². The van der Waals surface area contributed by atoms with E-state index in [1.165, 1.54) is 13.3 Å². The summed E-state index contributed by atoms with van der Waals surface area (Å²) >= 11 is 6.34. The number of nitrogens with zero attached hydrogens (tertiary/aromatic N) is 2. The van der Waals surface area contributed by atoms with Crippen molar-refractivity contribution in [2.75, 3.05) is 26.7 Å². The van der Waals surface area contributed by atoms with Gasteiger partial charge < -0.3 is 9.84 Å². The first-order chi connectivity index (χ1) is 17.8. The van der Waals surface area contributed by atoms with Crippen LogP contribution in [0.25, 0.3) is 10.9 Å². The van der Waals surface area contributed by atoms with Gasteiger partial charge in [-0.1, -0.05) is 23.4 Å². The van der Waals surface area contributed by atoms with Crippen molar-refractivity contribution in [1.82, 2.24) is 9.88 Å². The molecule has 0 saturated carbocycles. The number of hydrogen-bond donors (Lipinski definition) is 1.